The summed E-state index contributed by atoms with van der Waals surface area (Å²) in [6, 6.07) is 7.93. The van der Waals surface area contributed by atoms with Crippen LogP contribution in [0, 0.1) is 32.1 Å². The fourth-order valence-corrected chi connectivity index (χ4v) is 4.72. The number of pyridine rings is 1. The van der Waals surface area contributed by atoms with Gasteiger partial charge in [0, 0.05) is 17.9 Å². The third kappa shape index (κ3) is 4.86. The molecule has 29 heavy (non-hydrogen) atoms. The van der Waals surface area contributed by atoms with Gasteiger partial charge >= 0.3 is 0 Å². The van der Waals surface area contributed by atoms with Crippen LogP contribution in [-0.4, -0.2) is 28.2 Å². The Labute approximate surface area is 178 Å². The fraction of sp³-hybridized carbons (Fsp3) is 0.333. The van der Waals surface area contributed by atoms with Gasteiger partial charge in [-0.3, -0.25) is 4.79 Å². The van der Waals surface area contributed by atoms with E-state index in [9.17, 15) is 10.1 Å². The summed E-state index contributed by atoms with van der Waals surface area (Å²) in [5.74, 6) is 1.22. The van der Waals surface area contributed by atoms with E-state index >= 15 is 0 Å². The Kier molecular flexibility index (Phi) is 6.72. The van der Waals surface area contributed by atoms with Crippen molar-refractivity contribution < 1.29 is 9.53 Å². The van der Waals surface area contributed by atoms with E-state index in [1.165, 1.54) is 23.1 Å². The number of carbonyl (C=O) groups is 1. The minimum Gasteiger partial charge on any atom is -0.494 e. The summed E-state index contributed by atoms with van der Waals surface area (Å²) in [7, 11) is 0. The Morgan fingerprint density at radius 1 is 1.28 bits per heavy atom. The first-order valence-corrected chi connectivity index (χ1v) is 11.1. The van der Waals surface area contributed by atoms with Crippen LogP contribution in [-0.2, 0) is 4.79 Å². The van der Waals surface area contributed by atoms with Crippen molar-refractivity contribution >= 4 is 44.4 Å². The van der Waals surface area contributed by atoms with Gasteiger partial charge in [0.2, 0.25) is 5.91 Å². The summed E-state index contributed by atoms with van der Waals surface area (Å²) in [4.78, 5) is 21.3. The number of nitriles is 1. The molecule has 0 saturated carbocycles. The van der Waals surface area contributed by atoms with Crippen molar-refractivity contribution in [3.8, 4) is 11.8 Å². The zero-order chi connectivity index (χ0) is 21.0. The summed E-state index contributed by atoms with van der Waals surface area (Å²) >= 11 is 2.85. The van der Waals surface area contributed by atoms with E-state index in [1.807, 2.05) is 45.9 Å². The van der Waals surface area contributed by atoms with Crippen molar-refractivity contribution in [2.45, 2.75) is 39.1 Å². The Morgan fingerprint density at radius 3 is 2.79 bits per heavy atom. The number of anilines is 1. The predicted octanol–water partition coefficient (Wildman–Crippen LogP) is 5.01. The number of nitrogens with zero attached hydrogens (tertiary/aromatic N) is 3. The summed E-state index contributed by atoms with van der Waals surface area (Å²) in [5.41, 5.74) is 4.32. The van der Waals surface area contributed by atoms with E-state index in [-0.39, 0.29) is 5.91 Å². The number of rotatable bonds is 7. The van der Waals surface area contributed by atoms with E-state index in [0.717, 1.165) is 32.8 Å². The lowest BCUT2D eigenvalue weighted by Gasteiger charge is -2.10. The number of nitrogens with one attached hydrogen (secondary N) is 1. The molecule has 2 heterocycles. The van der Waals surface area contributed by atoms with Crippen LogP contribution in [0.1, 0.15) is 35.7 Å². The minimum atomic E-state index is -0.111. The summed E-state index contributed by atoms with van der Waals surface area (Å²) in [5, 5.41) is 13.6. The van der Waals surface area contributed by atoms with Crippen molar-refractivity contribution in [3.63, 3.8) is 0 Å². The second kappa shape index (κ2) is 9.25. The second-order valence-electron chi connectivity index (χ2n) is 6.47. The molecule has 3 aromatic rings. The van der Waals surface area contributed by atoms with E-state index in [0.29, 0.717) is 34.5 Å². The zero-order valence-electron chi connectivity index (χ0n) is 16.8. The third-order valence-electron chi connectivity index (χ3n) is 4.56. The number of amides is 1. The number of hydrogen-bond donors (Lipinski definition) is 1. The largest absolute Gasteiger partial charge is 0.494 e. The highest BCUT2D eigenvalue weighted by Gasteiger charge is 2.14. The first-order valence-electron chi connectivity index (χ1n) is 9.26. The highest BCUT2D eigenvalue weighted by Crippen LogP contribution is 2.30. The van der Waals surface area contributed by atoms with Gasteiger partial charge in [0.05, 0.1) is 22.4 Å². The molecule has 0 unspecified atom stereocenters. The predicted molar refractivity (Wildman–Crippen MR) is 118 cm³/mol. The number of benzene rings is 1. The smallest absolute Gasteiger partial charge is 0.226 e. The molecular formula is C21H22N4O2S2. The molecular weight excluding hydrogens is 404 g/mol. The Balaban J connectivity index is 1.61. The van der Waals surface area contributed by atoms with E-state index in [2.05, 4.69) is 21.4 Å². The quantitative estimate of drug-likeness (QED) is 0.535. The molecule has 0 atom stereocenters. The number of thioether (sulfide) groups is 1. The monoisotopic (exact) mass is 426 g/mol. The van der Waals surface area contributed by atoms with Crippen molar-refractivity contribution in [2.24, 2.45) is 0 Å². The molecule has 0 aliphatic carbocycles. The topological polar surface area (TPSA) is 87.9 Å². The number of aryl methyl sites for hydroxylation is 1. The standard InChI is InChI=1S/C21H22N4O2S2/c1-5-27-15-6-7-17-18(10-15)29-21(24-17)25-19(26)8-9-28-20-16(11-22)13(3)12(2)14(4)23-20/h6-7,10H,5,8-9H2,1-4H3,(H,24,25,26). The van der Waals surface area contributed by atoms with Crippen molar-refractivity contribution in [2.75, 3.05) is 17.7 Å². The maximum atomic E-state index is 12.3. The number of thiazole rings is 1. The van der Waals surface area contributed by atoms with Gasteiger partial charge in [-0.05, 0) is 57.0 Å². The van der Waals surface area contributed by atoms with Crippen LogP contribution >= 0.6 is 23.1 Å². The van der Waals surface area contributed by atoms with Gasteiger partial charge in [0.15, 0.2) is 5.13 Å². The maximum absolute atomic E-state index is 12.3. The van der Waals surface area contributed by atoms with Gasteiger partial charge in [-0.2, -0.15) is 5.26 Å². The molecule has 0 spiro atoms. The molecule has 150 valence electrons. The fourth-order valence-electron chi connectivity index (χ4n) is 2.78. The molecule has 6 nitrogen and oxygen atoms in total. The molecule has 0 aliphatic heterocycles. The van der Waals surface area contributed by atoms with Gasteiger partial charge in [0.1, 0.15) is 16.8 Å². The molecule has 0 radical (unpaired) electrons. The average Bonchev–Trinajstić information content (AvgIpc) is 3.08. The molecule has 1 N–H and O–H groups in total. The molecule has 2 aromatic heterocycles. The van der Waals surface area contributed by atoms with E-state index < -0.39 is 0 Å². The van der Waals surface area contributed by atoms with Gasteiger partial charge in [-0.25, -0.2) is 9.97 Å². The lowest BCUT2D eigenvalue weighted by Crippen LogP contribution is -2.12. The third-order valence-corrected chi connectivity index (χ3v) is 6.47. The number of hydrogen-bond acceptors (Lipinski definition) is 7. The lowest BCUT2D eigenvalue weighted by atomic mass is 10.1. The van der Waals surface area contributed by atoms with E-state index in [1.54, 1.807) is 0 Å². The summed E-state index contributed by atoms with van der Waals surface area (Å²) in [6.45, 7) is 8.38. The second-order valence-corrected chi connectivity index (χ2v) is 8.58. The Bertz CT molecular complexity index is 1100. The summed E-state index contributed by atoms with van der Waals surface area (Å²) < 4.78 is 6.47. The summed E-state index contributed by atoms with van der Waals surface area (Å²) in [6.07, 6.45) is 0.309. The van der Waals surface area contributed by atoms with Crippen LogP contribution in [0.3, 0.4) is 0 Å². The van der Waals surface area contributed by atoms with Crippen molar-refractivity contribution in [3.05, 3.63) is 40.6 Å². The molecule has 0 bridgehead atoms. The van der Waals surface area contributed by atoms with E-state index in [4.69, 9.17) is 4.74 Å². The molecule has 0 saturated heterocycles. The molecule has 0 aliphatic rings. The molecule has 1 aromatic carbocycles. The normalized spacial score (nSPS) is 10.7. The highest BCUT2D eigenvalue weighted by molar-refractivity contribution is 7.99. The van der Waals surface area contributed by atoms with Gasteiger partial charge in [-0.15, -0.1) is 11.8 Å². The molecule has 1 amide bonds. The van der Waals surface area contributed by atoms with Crippen LogP contribution in [0.2, 0.25) is 0 Å². The van der Waals surface area contributed by atoms with Crippen LogP contribution in [0.25, 0.3) is 10.2 Å². The minimum absolute atomic E-state index is 0.111. The van der Waals surface area contributed by atoms with Crippen LogP contribution in [0.5, 0.6) is 5.75 Å². The van der Waals surface area contributed by atoms with Crippen molar-refractivity contribution in [1.82, 2.24) is 9.97 Å². The van der Waals surface area contributed by atoms with Crippen LogP contribution in [0.15, 0.2) is 23.2 Å². The lowest BCUT2D eigenvalue weighted by molar-refractivity contribution is -0.115. The number of aromatic nitrogens is 2. The molecule has 0 fully saturated rings. The van der Waals surface area contributed by atoms with Gasteiger partial charge in [0.25, 0.3) is 0 Å². The van der Waals surface area contributed by atoms with Crippen molar-refractivity contribution in [1.29, 1.82) is 5.26 Å². The van der Waals surface area contributed by atoms with Crippen LogP contribution in [0.4, 0.5) is 5.13 Å². The zero-order valence-corrected chi connectivity index (χ0v) is 18.5. The SMILES string of the molecule is CCOc1ccc2nc(NC(=O)CCSc3nc(C)c(C)c(C)c3C#N)sc2c1. The maximum Gasteiger partial charge on any atom is 0.226 e. The Hall–Kier alpha value is -2.63. The van der Waals surface area contributed by atoms with Gasteiger partial charge in [-0.1, -0.05) is 11.3 Å². The molecule has 3 rings (SSSR count). The van der Waals surface area contributed by atoms with Crippen LogP contribution < -0.4 is 10.1 Å². The number of ether oxygens (including phenoxy) is 1. The first-order chi connectivity index (χ1) is 13.9. The average molecular weight is 427 g/mol. The molecule has 8 heteroatoms. The Morgan fingerprint density at radius 2 is 2.07 bits per heavy atom. The number of carbonyl (C=O) groups excluding carboxylic acids is 1. The number of fused-ring (bicyclic) bond motifs is 1. The van der Waals surface area contributed by atoms with Gasteiger partial charge < -0.3 is 10.1 Å². The highest BCUT2D eigenvalue weighted by atomic mass is 32.2. The first kappa shape index (κ1) is 21.1.